The van der Waals surface area contributed by atoms with Crippen LogP contribution < -0.4 is 5.32 Å². The Morgan fingerprint density at radius 3 is 2.67 bits per heavy atom. The highest BCUT2D eigenvalue weighted by atomic mass is 32.2. The van der Waals surface area contributed by atoms with Gasteiger partial charge in [-0.15, -0.1) is 5.10 Å². The van der Waals surface area contributed by atoms with Crippen molar-refractivity contribution >= 4 is 17.7 Å². The largest absolute Gasteiger partial charge is 0.356 e. The third-order valence-corrected chi connectivity index (χ3v) is 3.87. The normalized spacial score (nSPS) is 10.9. The van der Waals surface area contributed by atoms with Gasteiger partial charge in [-0.05, 0) is 34.0 Å². The van der Waals surface area contributed by atoms with E-state index in [1.807, 2.05) is 12.1 Å². The summed E-state index contributed by atoms with van der Waals surface area (Å²) < 4.78 is 1.71. The van der Waals surface area contributed by atoms with E-state index in [9.17, 15) is 4.79 Å². The first kappa shape index (κ1) is 15.5. The molecule has 0 fully saturated rings. The van der Waals surface area contributed by atoms with Crippen molar-refractivity contribution in [1.29, 1.82) is 0 Å². The predicted molar refractivity (Wildman–Crippen MR) is 82.7 cm³/mol. The zero-order valence-electron chi connectivity index (χ0n) is 12.4. The van der Waals surface area contributed by atoms with Gasteiger partial charge in [-0.2, -0.15) is 4.68 Å². The van der Waals surface area contributed by atoms with Gasteiger partial charge in [0.25, 0.3) is 0 Å². The van der Waals surface area contributed by atoms with Crippen molar-refractivity contribution in [3.8, 4) is 5.69 Å². The SMILES string of the molecule is CC(=O)NCCSc1nnnn1-c1ccc(C(C)C)cc1. The molecule has 112 valence electrons. The van der Waals surface area contributed by atoms with E-state index >= 15 is 0 Å². The number of tetrazole rings is 1. The van der Waals surface area contributed by atoms with Crippen molar-refractivity contribution < 1.29 is 4.79 Å². The Morgan fingerprint density at radius 2 is 2.05 bits per heavy atom. The molecule has 0 saturated heterocycles. The van der Waals surface area contributed by atoms with Gasteiger partial charge in [0.05, 0.1) is 5.69 Å². The molecule has 0 radical (unpaired) electrons. The minimum Gasteiger partial charge on any atom is -0.356 e. The smallest absolute Gasteiger partial charge is 0.216 e. The summed E-state index contributed by atoms with van der Waals surface area (Å²) in [7, 11) is 0. The van der Waals surface area contributed by atoms with Crippen molar-refractivity contribution in [2.75, 3.05) is 12.3 Å². The number of amides is 1. The van der Waals surface area contributed by atoms with E-state index in [0.29, 0.717) is 12.5 Å². The number of aromatic nitrogens is 4. The average molecular weight is 305 g/mol. The van der Waals surface area contributed by atoms with Crippen LogP contribution in [0.4, 0.5) is 0 Å². The van der Waals surface area contributed by atoms with Crippen molar-refractivity contribution in [3.05, 3.63) is 29.8 Å². The third kappa shape index (κ3) is 4.29. The molecular formula is C14H19N5OS. The molecule has 1 N–H and O–H groups in total. The van der Waals surface area contributed by atoms with Crippen molar-refractivity contribution in [2.24, 2.45) is 0 Å². The van der Waals surface area contributed by atoms with Gasteiger partial charge in [-0.3, -0.25) is 4.79 Å². The second-order valence-electron chi connectivity index (χ2n) is 4.95. The maximum Gasteiger partial charge on any atom is 0.216 e. The molecule has 0 aliphatic carbocycles. The first-order valence-corrected chi connectivity index (χ1v) is 7.82. The Hall–Kier alpha value is -1.89. The summed E-state index contributed by atoms with van der Waals surface area (Å²) in [6, 6.07) is 8.22. The van der Waals surface area contributed by atoms with E-state index in [1.165, 1.54) is 24.2 Å². The fourth-order valence-electron chi connectivity index (χ4n) is 1.80. The lowest BCUT2D eigenvalue weighted by molar-refractivity contribution is -0.118. The van der Waals surface area contributed by atoms with Gasteiger partial charge in [0, 0.05) is 19.2 Å². The van der Waals surface area contributed by atoms with Crippen LogP contribution in [-0.2, 0) is 4.79 Å². The third-order valence-electron chi connectivity index (χ3n) is 2.95. The molecule has 0 bridgehead atoms. The van der Waals surface area contributed by atoms with Crippen molar-refractivity contribution in [3.63, 3.8) is 0 Å². The van der Waals surface area contributed by atoms with Gasteiger partial charge in [0.15, 0.2) is 0 Å². The average Bonchev–Trinajstić information content (AvgIpc) is 2.92. The van der Waals surface area contributed by atoms with Gasteiger partial charge >= 0.3 is 0 Å². The fraction of sp³-hybridized carbons (Fsp3) is 0.429. The molecule has 0 saturated carbocycles. The number of thioether (sulfide) groups is 1. The summed E-state index contributed by atoms with van der Waals surface area (Å²) in [6.45, 7) is 6.43. The molecule has 7 heteroatoms. The van der Waals surface area contributed by atoms with E-state index in [0.717, 1.165) is 16.6 Å². The molecule has 0 aliphatic rings. The number of rotatable bonds is 6. The van der Waals surface area contributed by atoms with Crippen LogP contribution >= 0.6 is 11.8 Å². The van der Waals surface area contributed by atoms with Crippen LogP contribution in [-0.4, -0.2) is 38.4 Å². The first-order chi connectivity index (χ1) is 10.1. The highest BCUT2D eigenvalue weighted by Gasteiger charge is 2.09. The Labute approximate surface area is 128 Å². The van der Waals surface area contributed by atoms with Crippen LogP contribution in [0.15, 0.2) is 29.4 Å². The molecule has 2 rings (SSSR count). The number of carbonyl (C=O) groups is 1. The molecule has 0 atom stereocenters. The van der Waals surface area contributed by atoms with Gasteiger partial charge in [-0.1, -0.05) is 37.7 Å². The zero-order chi connectivity index (χ0) is 15.2. The highest BCUT2D eigenvalue weighted by Crippen LogP contribution is 2.20. The molecule has 1 aromatic heterocycles. The van der Waals surface area contributed by atoms with Crippen LogP contribution in [0.5, 0.6) is 0 Å². The number of carbonyl (C=O) groups excluding carboxylic acids is 1. The summed E-state index contributed by atoms with van der Waals surface area (Å²) >= 11 is 1.51. The minimum absolute atomic E-state index is 0.0283. The van der Waals surface area contributed by atoms with E-state index in [2.05, 4.69) is 46.8 Å². The lowest BCUT2D eigenvalue weighted by Gasteiger charge is -2.08. The first-order valence-electron chi connectivity index (χ1n) is 6.84. The van der Waals surface area contributed by atoms with Crippen LogP contribution in [0.25, 0.3) is 5.69 Å². The van der Waals surface area contributed by atoms with Crippen LogP contribution in [0.3, 0.4) is 0 Å². The second kappa shape index (κ2) is 7.21. The highest BCUT2D eigenvalue weighted by molar-refractivity contribution is 7.99. The van der Waals surface area contributed by atoms with Gasteiger partial charge in [-0.25, -0.2) is 0 Å². The standard InChI is InChI=1S/C14H19N5OS/c1-10(2)12-4-6-13(7-5-12)19-14(16-17-18-19)21-9-8-15-11(3)20/h4-7,10H,8-9H2,1-3H3,(H,15,20). The zero-order valence-corrected chi connectivity index (χ0v) is 13.2. The number of benzene rings is 1. The van der Waals surface area contributed by atoms with E-state index in [-0.39, 0.29) is 5.91 Å². The molecule has 1 amide bonds. The Morgan fingerprint density at radius 1 is 1.33 bits per heavy atom. The topological polar surface area (TPSA) is 72.7 Å². The Bertz CT molecular complexity index is 594. The van der Waals surface area contributed by atoms with Crippen LogP contribution in [0, 0.1) is 0 Å². The summed E-state index contributed by atoms with van der Waals surface area (Å²) in [5, 5.41) is 15.2. The summed E-state index contributed by atoms with van der Waals surface area (Å²) in [4.78, 5) is 10.8. The number of nitrogens with one attached hydrogen (secondary N) is 1. The summed E-state index contributed by atoms with van der Waals surface area (Å²) in [5.74, 6) is 1.20. The molecule has 1 aromatic carbocycles. The van der Waals surface area contributed by atoms with Gasteiger partial charge in [0.2, 0.25) is 11.1 Å². The van der Waals surface area contributed by atoms with Gasteiger partial charge < -0.3 is 5.32 Å². The Balaban J connectivity index is 2.03. The van der Waals surface area contributed by atoms with Crippen LogP contribution in [0.2, 0.25) is 0 Å². The van der Waals surface area contributed by atoms with E-state index in [4.69, 9.17) is 0 Å². The van der Waals surface area contributed by atoms with E-state index < -0.39 is 0 Å². The molecule has 2 aromatic rings. The molecular weight excluding hydrogens is 286 g/mol. The molecule has 0 aliphatic heterocycles. The molecule has 21 heavy (non-hydrogen) atoms. The molecule has 6 nitrogen and oxygen atoms in total. The number of nitrogens with zero attached hydrogens (tertiary/aromatic N) is 4. The molecule has 1 heterocycles. The lowest BCUT2D eigenvalue weighted by atomic mass is 10.0. The van der Waals surface area contributed by atoms with Crippen molar-refractivity contribution in [1.82, 2.24) is 25.5 Å². The fourth-order valence-corrected chi connectivity index (χ4v) is 2.55. The number of hydrogen-bond acceptors (Lipinski definition) is 5. The van der Waals surface area contributed by atoms with Crippen molar-refractivity contribution in [2.45, 2.75) is 31.8 Å². The maximum absolute atomic E-state index is 10.8. The second-order valence-corrected chi connectivity index (χ2v) is 6.01. The summed E-state index contributed by atoms with van der Waals surface area (Å²) in [5.41, 5.74) is 2.22. The Kier molecular flexibility index (Phi) is 5.32. The number of hydrogen-bond donors (Lipinski definition) is 1. The van der Waals surface area contributed by atoms with E-state index in [1.54, 1.807) is 4.68 Å². The molecule has 0 unspecified atom stereocenters. The summed E-state index contributed by atoms with van der Waals surface area (Å²) in [6.07, 6.45) is 0. The quantitative estimate of drug-likeness (QED) is 0.653. The monoisotopic (exact) mass is 305 g/mol. The van der Waals surface area contributed by atoms with Crippen LogP contribution in [0.1, 0.15) is 32.3 Å². The maximum atomic E-state index is 10.8. The minimum atomic E-state index is -0.0283. The molecule has 0 spiro atoms. The van der Waals surface area contributed by atoms with Gasteiger partial charge in [0.1, 0.15) is 0 Å². The lowest BCUT2D eigenvalue weighted by Crippen LogP contribution is -2.22. The predicted octanol–water partition coefficient (Wildman–Crippen LogP) is 2.01.